The number of sulfonamides is 1. The van der Waals surface area contributed by atoms with E-state index >= 15 is 0 Å². The van der Waals surface area contributed by atoms with Crippen LogP contribution in [0, 0.1) is 0 Å². The summed E-state index contributed by atoms with van der Waals surface area (Å²) in [4.78, 5) is 0. The number of benzene rings is 1. The zero-order valence-corrected chi connectivity index (χ0v) is 11.6. The van der Waals surface area contributed by atoms with Crippen LogP contribution < -0.4 is 5.73 Å². The van der Waals surface area contributed by atoms with E-state index in [-0.39, 0.29) is 25.4 Å². The maximum Gasteiger partial charge on any atom is 0.218 e. The molecule has 0 aliphatic carbocycles. The van der Waals surface area contributed by atoms with Crippen LogP contribution in [0.4, 0.5) is 0 Å². The fraction of sp³-hybridized carbons (Fsp3) is 0.385. The van der Waals surface area contributed by atoms with Gasteiger partial charge in [-0.05, 0) is 11.1 Å². The fourth-order valence-electron chi connectivity index (χ4n) is 1.67. The van der Waals surface area contributed by atoms with Crippen molar-refractivity contribution in [3.8, 4) is 0 Å². The molecule has 0 aromatic heterocycles. The van der Waals surface area contributed by atoms with E-state index in [2.05, 4.69) is 6.58 Å². The number of hydrogen-bond donors (Lipinski definition) is 2. The summed E-state index contributed by atoms with van der Waals surface area (Å²) in [6.45, 7) is 4.02. The first-order valence-corrected chi connectivity index (χ1v) is 7.62. The molecule has 1 rings (SSSR count). The Morgan fingerprint density at radius 3 is 2.32 bits per heavy atom. The molecule has 0 saturated heterocycles. The lowest BCUT2D eigenvalue weighted by molar-refractivity contribution is 0.260. The van der Waals surface area contributed by atoms with Gasteiger partial charge >= 0.3 is 0 Å². The summed E-state index contributed by atoms with van der Waals surface area (Å²) >= 11 is 0. The van der Waals surface area contributed by atoms with Crippen LogP contribution in [-0.4, -0.2) is 37.5 Å². The molecule has 19 heavy (non-hydrogen) atoms. The van der Waals surface area contributed by atoms with E-state index in [0.29, 0.717) is 12.1 Å². The van der Waals surface area contributed by atoms with Crippen molar-refractivity contribution in [2.24, 2.45) is 5.73 Å². The maximum atomic E-state index is 12.2. The fourth-order valence-corrected chi connectivity index (χ4v) is 3.16. The van der Waals surface area contributed by atoms with Crippen molar-refractivity contribution in [2.45, 2.75) is 12.3 Å². The Kier molecular flexibility index (Phi) is 6.17. The van der Waals surface area contributed by atoms with Gasteiger partial charge in [-0.25, -0.2) is 8.42 Å². The number of aliphatic hydroxyl groups excluding tert-OH is 1. The van der Waals surface area contributed by atoms with Gasteiger partial charge in [0, 0.05) is 19.6 Å². The third kappa shape index (κ3) is 4.76. The number of nitrogens with two attached hydrogens (primary N) is 1. The van der Waals surface area contributed by atoms with Gasteiger partial charge in [0.25, 0.3) is 0 Å². The van der Waals surface area contributed by atoms with Crippen molar-refractivity contribution >= 4 is 10.0 Å². The lowest BCUT2D eigenvalue weighted by Gasteiger charge is -2.19. The second-order valence-corrected chi connectivity index (χ2v) is 6.12. The third-order valence-corrected chi connectivity index (χ3v) is 4.50. The standard InChI is InChI=1S/C13H20N2O3S/c1-2-7-15(8-9-16)19(17,18)11-13-5-3-12(10-14)4-6-13/h2-6,16H,1,7-11,14H2. The second-order valence-electron chi connectivity index (χ2n) is 4.15. The van der Waals surface area contributed by atoms with Crippen molar-refractivity contribution in [3.05, 3.63) is 48.0 Å². The van der Waals surface area contributed by atoms with Crippen LogP contribution in [0.2, 0.25) is 0 Å². The van der Waals surface area contributed by atoms with Gasteiger partial charge in [0.15, 0.2) is 0 Å². The van der Waals surface area contributed by atoms with E-state index in [1.54, 1.807) is 12.1 Å². The number of nitrogens with zero attached hydrogens (tertiary/aromatic N) is 1. The predicted molar refractivity (Wildman–Crippen MR) is 75.8 cm³/mol. The molecular weight excluding hydrogens is 264 g/mol. The highest BCUT2D eigenvalue weighted by Crippen LogP contribution is 2.12. The molecule has 0 saturated carbocycles. The predicted octanol–water partition coefficient (Wildman–Crippen LogP) is 0.455. The summed E-state index contributed by atoms with van der Waals surface area (Å²) in [6, 6.07) is 7.14. The summed E-state index contributed by atoms with van der Waals surface area (Å²) < 4.78 is 25.6. The quantitative estimate of drug-likeness (QED) is 0.679. The molecule has 0 aliphatic rings. The molecule has 0 amide bonds. The van der Waals surface area contributed by atoms with Crippen molar-refractivity contribution in [1.29, 1.82) is 0 Å². The molecule has 106 valence electrons. The Balaban J connectivity index is 2.83. The largest absolute Gasteiger partial charge is 0.395 e. The normalized spacial score (nSPS) is 11.7. The van der Waals surface area contributed by atoms with E-state index < -0.39 is 10.0 Å². The van der Waals surface area contributed by atoms with E-state index in [0.717, 1.165) is 5.56 Å². The first kappa shape index (κ1) is 15.8. The highest BCUT2D eigenvalue weighted by Gasteiger charge is 2.20. The smallest absolute Gasteiger partial charge is 0.218 e. The minimum atomic E-state index is -3.45. The number of hydrogen-bond acceptors (Lipinski definition) is 4. The Labute approximate surface area is 114 Å². The van der Waals surface area contributed by atoms with Crippen LogP contribution in [0.3, 0.4) is 0 Å². The first-order valence-electron chi connectivity index (χ1n) is 6.01. The molecule has 0 spiro atoms. The Morgan fingerprint density at radius 1 is 1.26 bits per heavy atom. The van der Waals surface area contributed by atoms with Crippen molar-refractivity contribution in [2.75, 3.05) is 19.7 Å². The van der Waals surface area contributed by atoms with Gasteiger partial charge in [-0.2, -0.15) is 4.31 Å². The van der Waals surface area contributed by atoms with Crippen LogP contribution >= 0.6 is 0 Å². The molecule has 3 N–H and O–H groups in total. The summed E-state index contributed by atoms with van der Waals surface area (Å²) in [5.74, 6) is -0.0916. The van der Waals surface area contributed by atoms with Gasteiger partial charge in [0.05, 0.1) is 12.4 Å². The highest BCUT2D eigenvalue weighted by molar-refractivity contribution is 7.88. The average Bonchev–Trinajstić information content (AvgIpc) is 2.39. The highest BCUT2D eigenvalue weighted by atomic mass is 32.2. The molecule has 0 aliphatic heterocycles. The molecule has 0 atom stereocenters. The van der Waals surface area contributed by atoms with Crippen molar-refractivity contribution in [1.82, 2.24) is 4.31 Å². The number of aliphatic hydroxyl groups is 1. The third-order valence-electron chi connectivity index (χ3n) is 2.68. The lowest BCUT2D eigenvalue weighted by Crippen LogP contribution is -2.34. The molecule has 0 fully saturated rings. The summed E-state index contributed by atoms with van der Waals surface area (Å²) in [6.07, 6.45) is 1.50. The van der Waals surface area contributed by atoms with Crippen LogP contribution in [0.1, 0.15) is 11.1 Å². The molecule has 5 nitrogen and oxygen atoms in total. The zero-order valence-electron chi connectivity index (χ0n) is 10.8. The Bertz CT molecular complexity index is 497. The van der Waals surface area contributed by atoms with Crippen molar-refractivity contribution < 1.29 is 13.5 Å². The SMILES string of the molecule is C=CCN(CCO)S(=O)(=O)Cc1ccc(CN)cc1. The van der Waals surface area contributed by atoms with Crippen molar-refractivity contribution in [3.63, 3.8) is 0 Å². The molecule has 0 heterocycles. The van der Waals surface area contributed by atoms with Crippen LogP contribution in [-0.2, 0) is 22.3 Å². The van der Waals surface area contributed by atoms with E-state index in [9.17, 15) is 8.42 Å². The molecule has 6 heteroatoms. The van der Waals surface area contributed by atoms with E-state index in [1.165, 1.54) is 10.4 Å². The van der Waals surface area contributed by atoms with Gasteiger partial charge in [-0.15, -0.1) is 6.58 Å². The summed E-state index contributed by atoms with van der Waals surface area (Å²) in [5, 5.41) is 8.91. The topological polar surface area (TPSA) is 83.6 Å². The molecule has 1 aromatic rings. The first-order chi connectivity index (χ1) is 9.03. The molecule has 0 bridgehead atoms. The van der Waals surface area contributed by atoms with Crippen LogP contribution in [0.15, 0.2) is 36.9 Å². The van der Waals surface area contributed by atoms with E-state index in [4.69, 9.17) is 10.8 Å². The van der Waals surface area contributed by atoms with Crippen LogP contribution in [0.5, 0.6) is 0 Å². The average molecular weight is 284 g/mol. The minimum absolute atomic E-state index is 0.0786. The Morgan fingerprint density at radius 2 is 1.84 bits per heavy atom. The van der Waals surface area contributed by atoms with Gasteiger partial charge in [0.2, 0.25) is 10.0 Å². The monoisotopic (exact) mass is 284 g/mol. The minimum Gasteiger partial charge on any atom is -0.395 e. The van der Waals surface area contributed by atoms with Gasteiger partial charge in [-0.3, -0.25) is 0 Å². The zero-order chi connectivity index (χ0) is 14.3. The lowest BCUT2D eigenvalue weighted by atomic mass is 10.1. The molecular formula is C13H20N2O3S. The molecule has 1 aromatic carbocycles. The van der Waals surface area contributed by atoms with E-state index in [1.807, 2.05) is 12.1 Å². The number of rotatable bonds is 8. The van der Waals surface area contributed by atoms with Gasteiger partial charge in [-0.1, -0.05) is 30.3 Å². The second kappa shape index (κ2) is 7.40. The maximum absolute atomic E-state index is 12.2. The molecule has 0 radical (unpaired) electrons. The van der Waals surface area contributed by atoms with Crippen LogP contribution in [0.25, 0.3) is 0 Å². The van der Waals surface area contributed by atoms with Gasteiger partial charge < -0.3 is 10.8 Å². The summed E-state index contributed by atoms with van der Waals surface area (Å²) in [7, 11) is -3.45. The molecule has 0 unspecified atom stereocenters. The Hall–Kier alpha value is -1.21. The van der Waals surface area contributed by atoms with Gasteiger partial charge in [0.1, 0.15) is 0 Å². The summed E-state index contributed by atoms with van der Waals surface area (Å²) in [5.41, 5.74) is 7.15.